The van der Waals surface area contributed by atoms with Gasteiger partial charge in [0, 0.05) is 18.4 Å². The predicted octanol–water partition coefficient (Wildman–Crippen LogP) is 0.288. The van der Waals surface area contributed by atoms with E-state index in [2.05, 4.69) is 41.0 Å². The molecule has 2 aliphatic rings. The molecule has 276 valence electrons. The average Bonchev–Trinajstić information content (AvgIpc) is 3.56. The van der Waals surface area contributed by atoms with Crippen molar-refractivity contribution in [3.05, 3.63) is 54.2 Å². The summed E-state index contributed by atoms with van der Waals surface area (Å²) >= 11 is 0. The van der Waals surface area contributed by atoms with E-state index in [-0.39, 0.29) is 11.8 Å². The topological polar surface area (TPSA) is 169 Å². The number of rotatable bonds is 13. The highest BCUT2D eigenvalue weighted by molar-refractivity contribution is 6.01. The third kappa shape index (κ3) is 15.0. The number of amidine groups is 1. The number of benzene rings is 2. The predicted molar refractivity (Wildman–Crippen MR) is 165 cm³/mol. The van der Waals surface area contributed by atoms with E-state index in [4.69, 9.17) is 29.5 Å². The van der Waals surface area contributed by atoms with E-state index < -0.39 is 24.3 Å². The molecule has 11 nitrogen and oxygen atoms in total. The van der Waals surface area contributed by atoms with Gasteiger partial charge in [0.15, 0.2) is 5.70 Å². The number of unbranched alkanes of at least 4 members (excludes halogenated alkanes) is 2. The van der Waals surface area contributed by atoms with Gasteiger partial charge in [-0.05, 0) is 35.7 Å². The van der Waals surface area contributed by atoms with Gasteiger partial charge in [0.2, 0.25) is 11.7 Å². The van der Waals surface area contributed by atoms with Crippen LogP contribution in [-0.2, 0) is 23.9 Å². The highest BCUT2D eigenvalue weighted by Crippen LogP contribution is 2.21. The van der Waals surface area contributed by atoms with Crippen molar-refractivity contribution >= 4 is 45.9 Å². The van der Waals surface area contributed by atoms with Crippen molar-refractivity contribution in [1.29, 1.82) is 0 Å². The van der Waals surface area contributed by atoms with Crippen LogP contribution in [0.5, 0.6) is 0 Å². The Hall–Kier alpha value is -4.35. The van der Waals surface area contributed by atoms with Gasteiger partial charge in [-0.1, -0.05) is 50.1 Å². The van der Waals surface area contributed by atoms with Crippen molar-refractivity contribution in [2.75, 3.05) is 39.4 Å². The molecule has 1 atom stereocenters. The number of aliphatic carboxylic acids is 2. The van der Waals surface area contributed by atoms with Crippen LogP contribution in [-0.4, -0.2) is 81.2 Å². The van der Waals surface area contributed by atoms with Crippen molar-refractivity contribution in [1.82, 2.24) is 5.32 Å². The third-order valence-corrected chi connectivity index (χ3v) is 7.70. The Morgan fingerprint density at radius 1 is 0.920 bits per heavy atom. The zero-order valence-electron chi connectivity index (χ0n) is 27.3. The lowest BCUT2D eigenvalue weighted by Gasteiger charge is -2.24. The number of nitrogens with two attached hydrogens (primary N) is 1. The lowest BCUT2D eigenvalue weighted by Crippen LogP contribution is -3.14. The standard InChI is InChI=1S/C29H38N4O3.2C2HF3O2/c1-2-25(34)10-4-3-5-11-26(29(35)30-14-15-33-16-18-36-19-17-33)28-31-21-27(32-28)24-13-12-22-8-6-7-9-23(22)20-24;2*3-2(4,5)1(6)7/h6-9,12-13,20-21,26H,2-5,10-11,14-19H2,1H3,(H,30,35)(H,31,32);2*(H,6,7). The molecule has 1 amide bonds. The second kappa shape index (κ2) is 20.4. The lowest BCUT2D eigenvalue weighted by atomic mass is 9.97. The third-order valence-electron chi connectivity index (χ3n) is 7.70. The van der Waals surface area contributed by atoms with E-state index >= 15 is 0 Å². The Labute approximate surface area is 284 Å². The highest BCUT2D eigenvalue weighted by Gasteiger charge is 2.32. The molecule has 0 aromatic heterocycles. The first kappa shape index (κ1) is 41.8. The Morgan fingerprint density at radius 2 is 1.52 bits per heavy atom. The number of Topliss-reactive ketones (excluding diaryl/α,β-unsaturated/α-hetero) is 1. The zero-order chi connectivity index (χ0) is 37.3. The van der Waals surface area contributed by atoms with E-state index in [0.717, 1.165) is 75.6 Å². The van der Waals surface area contributed by atoms with Gasteiger partial charge in [-0.15, -0.1) is 0 Å². The maximum Gasteiger partial charge on any atom is 0.430 e. The number of carboxylic acid groups (broad SMARTS) is 2. The van der Waals surface area contributed by atoms with Crippen molar-refractivity contribution in [2.45, 2.75) is 57.8 Å². The number of ether oxygens (including phenoxy) is 1. The van der Waals surface area contributed by atoms with Crippen molar-refractivity contribution < 1.29 is 70.7 Å². The lowest BCUT2D eigenvalue weighted by molar-refractivity contribution is -0.906. The number of quaternary nitrogens is 2. The maximum atomic E-state index is 13.3. The molecule has 0 aliphatic carbocycles. The first-order valence-corrected chi connectivity index (χ1v) is 15.9. The minimum absolute atomic E-state index is 0.0513. The molecule has 2 aromatic carbocycles. The minimum atomic E-state index is -5.19. The van der Waals surface area contributed by atoms with Gasteiger partial charge < -0.3 is 34.8 Å². The summed E-state index contributed by atoms with van der Waals surface area (Å²) in [5.41, 5.74) is 2.15. The number of nitrogens with zero attached hydrogens (tertiary/aromatic N) is 1. The summed E-state index contributed by atoms with van der Waals surface area (Å²) in [6.45, 7) is 7.06. The van der Waals surface area contributed by atoms with Gasteiger partial charge in [-0.2, -0.15) is 26.3 Å². The van der Waals surface area contributed by atoms with Crippen LogP contribution < -0.4 is 25.7 Å². The number of amides is 1. The second-order valence-corrected chi connectivity index (χ2v) is 11.4. The van der Waals surface area contributed by atoms with E-state index in [1.807, 2.05) is 25.3 Å². The Morgan fingerprint density at radius 3 is 2.10 bits per heavy atom. The van der Waals surface area contributed by atoms with Crippen molar-refractivity contribution in [3.63, 3.8) is 0 Å². The number of carboxylic acids is 2. The molecule has 0 bridgehead atoms. The van der Waals surface area contributed by atoms with E-state index in [1.54, 1.807) is 0 Å². The number of morpholine rings is 1. The molecule has 50 heavy (non-hydrogen) atoms. The van der Waals surface area contributed by atoms with Crippen LogP contribution in [0.25, 0.3) is 16.5 Å². The van der Waals surface area contributed by atoms with Crippen LogP contribution in [0, 0.1) is 5.92 Å². The van der Waals surface area contributed by atoms with E-state index in [9.17, 15) is 35.9 Å². The zero-order valence-corrected chi connectivity index (χ0v) is 27.3. The van der Waals surface area contributed by atoms with Crippen LogP contribution in [0.4, 0.5) is 26.3 Å². The molecule has 0 radical (unpaired) electrons. The van der Waals surface area contributed by atoms with Crippen LogP contribution in [0.15, 0.2) is 53.7 Å². The summed E-state index contributed by atoms with van der Waals surface area (Å²) in [6.07, 6.45) is -3.78. The molecule has 4 rings (SSSR count). The fourth-order valence-corrected chi connectivity index (χ4v) is 4.93. The summed E-state index contributed by atoms with van der Waals surface area (Å²) in [6, 6.07) is 14.8. The molecule has 0 spiro atoms. The smallest absolute Gasteiger partial charge is 0.430 e. The summed E-state index contributed by atoms with van der Waals surface area (Å²) in [5, 5.41) is 25.2. The number of carbonyl (C=O) groups excluding carboxylic acids is 4. The molecule has 2 aromatic rings. The molecule has 4 N–H and O–H groups in total. The van der Waals surface area contributed by atoms with Gasteiger partial charge >= 0.3 is 12.4 Å². The van der Waals surface area contributed by atoms with Gasteiger partial charge in [-0.3, -0.25) is 14.9 Å². The first-order chi connectivity index (χ1) is 23.5. The van der Waals surface area contributed by atoms with Crippen LogP contribution >= 0.6 is 0 Å². The normalized spacial score (nSPS) is 15.4. The molecule has 17 heteroatoms. The summed E-state index contributed by atoms with van der Waals surface area (Å²) in [4.78, 5) is 48.6. The molecule has 1 unspecified atom stereocenters. The number of carbonyl (C=O) groups is 4. The largest absolute Gasteiger partial charge is 0.542 e. The fraction of sp³-hybridized carbons (Fsp3) is 0.485. The molecule has 2 aliphatic heterocycles. The van der Waals surface area contributed by atoms with Crippen LogP contribution in [0.2, 0.25) is 0 Å². The maximum absolute atomic E-state index is 13.3. The Balaban J connectivity index is 0.000000521. The number of hydrogen-bond acceptors (Lipinski definition) is 8. The fourth-order valence-electron chi connectivity index (χ4n) is 4.93. The average molecular weight is 719 g/mol. The number of alkyl halides is 6. The Kier molecular flexibility index (Phi) is 17.0. The number of nitrogens with one attached hydrogen (secondary N) is 2. The monoisotopic (exact) mass is 718 g/mol. The van der Waals surface area contributed by atoms with Gasteiger partial charge in [0.1, 0.15) is 36.7 Å². The highest BCUT2D eigenvalue weighted by atomic mass is 19.4. The molecule has 1 saturated heterocycles. The van der Waals surface area contributed by atoms with E-state index in [0.29, 0.717) is 25.2 Å². The summed E-state index contributed by atoms with van der Waals surface area (Å²) in [5.74, 6) is -5.09. The summed E-state index contributed by atoms with van der Waals surface area (Å²) < 4.78 is 68.5. The Bertz CT molecular complexity index is 1480. The molecular weight excluding hydrogens is 678 g/mol. The van der Waals surface area contributed by atoms with Crippen molar-refractivity contribution in [2.24, 2.45) is 10.9 Å². The van der Waals surface area contributed by atoms with Gasteiger partial charge in [0.25, 0.3) is 0 Å². The number of hydrogen-bond donors (Lipinski definition) is 3. The number of aliphatic imine (C=N–C) groups is 1. The summed E-state index contributed by atoms with van der Waals surface area (Å²) in [7, 11) is 0. The molecule has 1 fully saturated rings. The van der Waals surface area contributed by atoms with E-state index in [1.165, 1.54) is 15.7 Å². The number of halogens is 6. The second-order valence-electron chi connectivity index (χ2n) is 11.4. The van der Waals surface area contributed by atoms with Crippen LogP contribution in [0.1, 0.15) is 51.0 Å². The molecular formula is C33H40F6N4O7. The number of fused-ring (bicyclic) bond motifs is 1. The van der Waals surface area contributed by atoms with Crippen molar-refractivity contribution in [3.8, 4) is 0 Å². The van der Waals surface area contributed by atoms with Gasteiger partial charge in [0.05, 0.1) is 32.5 Å². The minimum Gasteiger partial charge on any atom is -0.542 e. The quantitative estimate of drug-likeness (QED) is 0.198. The number of ketones is 1. The molecule has 0 saturated carbocycles. The van der Waals surface area contributed by atoms with Gasteiger partial charge in [-0.25, -0.2) is 4.99 Å². The molecule has 2 heterocycles. The SMILES string of the molecule is CCC(=O)CCCCCC(C(=O)NCC[NH+]1CCOCC1)C1=NC=C(c2ccc3ccccc3c2)[NH2+]1.O=C([O-])C(F)(F)F.O=C([O-])C(F)(F)F. The van der Waals surface area contributed by atoms with Crippen LogP contribution in [0.3, 0.4) is 0 Å². The first-order valence-electron chi connectivity index (χ1n) is 15.9.